The van der Waals surface area contributed by atoms with Gasteiger partial charge in [0, 0.05) is 18.2 Å². The van der Waals surface area contributed by atoms with Crippen LogP contribution in [0.25, 0.3) is 0 Å². The Kier molecular flexibility index (Phi) is 5.93. The molecule has 1 aliphatic carbocycles. The first-order valence-electron chi connectivity index (χ1n) is 7.75. The summed E-state index contributed by atoms with van der Waals surface area (Å²) in [5.41, 5.74) is 5.79. The highest BCUT2D eigenvalue weighted by Crippen LogP contribution is 2.48. The fraction of sp³-hybridized carbons (Fsp3) is 0.278. The van der Waals surface area contributed by atoms with Gasteiger partial charge in [-0.2, -0.15) is 13.2 Å². The van der Waals surface area contributed by atoms with Gasteiger partial charge in [0.1, 0.15) is 5.82 Å². The van der Waals surface area contributed by atoms with E-state index in [0.717, 1.165) is 17.7 Å². The minimum atomic E-state index is -4.51. The molecule has 2 unspecified atom stereocenters. The topological polar surface area (TPSA) is 55.1 Å². The number of carbonyl (C=O) groups is 1. The SMILES string of the molecule is Cl.NCc1cc(NC(=O)C2CC2c2ccc(F)cc2)cc(C(F)(F)F)c1. The van der Waals surface area contributed by atoms with Crippen molar-refractivity contribution in [2.45, 2.75) is 25.1 Å². The summed E-state index contributed by atoms with van der Waals surface area (Å²) < 4.78 is 51.7. The first kappa shape index (κ1) is 20.2. The fourth-order valence-corrected chi connectivity index (χ4v) is 2.84. The molecule has 0 heterocycles. The van der Waals surface area contributed by atoms with Gasteiger partial charge < -0.3 is 11.1 Å². The molecule has 1 amide bonds. The van der Waals surface area contributed by atoms with Gasteiger partial charge in [0.25, 0.3) is 0 Å². The maximum Gasteiger partial charge on any atom is 0.416 e. The first-order chi connectivity index (χ1) is 11.8. The van der Waals surface area contributed by atoms with Crippen LogP contribution in [0.4, 0.5) is 23.2 Å². The van der Waals surface area contributed by atoms with Crippen molar-refractivity contribution in [3.8, 4) is 0 Å². The van der Waals surface area contributed by atoms with Gasteiger partial charge in [-0.1, -0.05) is 12.1 Å². The summed E-state index contributed by atoms with van der Waals surface area (Å²) in [6.45, 7) is -0.0611. The molecule has 0 spiro atoms. The third kappa shape index (κ3) is 4.53. The van der Waals surface area contributed by atoms with Gasteiger partial charge in [-0.05, 0) is 53.8 Å². The van der Waals surface area contributed by atoms with Crippen LogP contribution in [-0.4, -0.2) is 5.91 Å². The molecule has 1 fully saturated rings. The molecule has 3 nitrogen and oxygen atoms in total. The predicted molar refractivity (Wildman–Crippen MR) is 92.5 cm³/mol. The summed E-state index contributed by atoms with van der Waals surface area (Å²) in [5, 5.41) is 2.53. The van der Waals surface area contributed by atoms with Crippen LogP contribution in [0.1, 0.15) is 29.0 Å². The number of nitrogens with one attached hydrogen (secondary N) is 1. The molecule has 0 aliphatic heterocycles. The van der Waals surface area contributed by atoms with Crippen molar-refractivity contribution < 1.29 is 22.4 Å². The zero-order valence-corrected chi connectivity index (χ0v) is 14.3. The van der Waals surface area contributed by atoms with Crippen LogP contribution in [0, 0.1) is 11.7 Å². The smallest absolute Gasteiger partial charge is 0.326 e. The van der Waals surface area contributed by atoms with Gasteiger partial charge in [-0.25, -0.2) is 4.39 Å². The molecular formula is C18H17ClF4N2O. The first-order valence-corrected chi connectivity index (χ1v) is 7.75. The second kappa shape index (κ2) is 7.63. The lowest BCUT2D eigenvalue weighted by Gasteiger charge is -2.12. The number of halogens is 5. The molecule has 1 aliphatic rings. The van der Waals surface area contributed by atoms with Crippen molar-refractivity contribution in [2.75, 3.05) is 5.32 Å². The van der Waals surface area contributed by atoms with Gasteiger partial charge >= 0.3 is 6.18 Å². The Hall–Kier alpha value is -2.12. The second-order valence-electron chi connectivity index (χ2n) is 6.11. The van der Waals surface area contributed by atoms with E-state index < -0.39 is 11.7 Å². The number of carbonyl (C=O) groups excluding carboxylic acids is 1. The fourth-order valence-electron chi connectivity index (χ4n) is 2.84. The van der Waals surface area contributed by atoms with E-state index >= 15 is 0 Å². The lowest BCUT2D eigenvalue weighted by molar-refractivity contribution is -0.137. The van der Waals surface area contributed by atoms with Crippen LogP contribution in [0.2, 0.25) is 0 Å². The molecule has 140 valence electrons. The van der Waals surface area contributed by atoms with E-state index in [4.69, 9.17) is 5.73 Å². The van der Waals surface area contributed by atoms with Gasteiger partial charge in [-0.15, -0.1) is 12.4 Å². The van der Waals surface area contributed by atoms with Crippen molar-refractivity contribution in [3.05, 3.63) is 65.0 Å². The number of amides is 1. The van der Waals surface area contributed by atoms with Gasteiger partial charge in [0.05, 0.1) is 5.56 Å². The van der Waals surface area contributed by atoms with Crippen LogP contribution >= 0.6 is 12.4 Å². The number of rotatable bonds is 4. The number of nitrogens with two attached hydrogens (primary N) is 1. The van der Waals surface area contributed by atoms with E-state index in [9.17, 15) is 22.4 Å². The maximum absolute atomic E-state index is 12.9. The lowest BCUT2D eigenvalue weighted by atomic mass is 10.1. The molecule has 2 aromatic carbocycles. The number of hydrogen-bond acceptors (Lipinski definition) is 2. The van der Waals surface area contributed by atoms with E-state index in [1.165, 1.54) is 18.2 Å². The third-order valence-corrected chi connectivity index (χ3v) is 4.25. The maximum atomic E-state index is 12.9. The van der Waals surface area contributed by atoms with Gasteiger partial charge in [-0.3, -0.25) is 4.79 Å². The normalized spacial score (nSPS) is 18.8. The Morgan fingerprint density at radius 1 is 1.15 bits per heavy atom. The highest BCUT2D eigenvalue weighted by molar-refractivity contribution is 5.95. The zero-order valence-electron chi connectivity index (χ0n) is 13.5. The highest BCUT2D eigenvalue weighted by Gasteiger charge is 2.44. The van der Waals surface area contributed by atoms with Crippen LogP contribution in [0.5, 0.6) is 0 Å². The van der Waals surface area contributed by atoms with Crippen LogP contribution in [0.3, 0.4) is 0 Å². The Balaban J connectivity index is 0.00000243. The molecule has 0 bridgehead atoms. The minimum absolute atomic E-state index is 0. The Morgan fingerprint density at radius 2 is 1.81 bits per heavy atom. The highest BCUT2D eigenvalue weighted by atomic mass is 35.5. The molecular weight excluding hydrogens is 372 g/mol. The lowest BCUT2D eigenvalue weighted by Crippen LogP contribution is -2.16. The molecule has 2 atom stereocenters. The van der Waals surface area contributed by atoms with Crippen molar-refractivity contribution in [3.63, 3.8) is 0 Å². The van der Waals surface area contributed by atoms with Crippen molar-refractivity contribution >= 4 is 24.0 Å². The molecule has 3 rings (SSSR count). The van der Waals surface area contributed by atoms with Crippen LogP contribution < -0.4 is 11.1 Å². The molecule has 1 saturated carbocycles. The summed E-state index contributed by atoms with van der Waals surface area (Å²) in [4.78, 5) is 12.3. The number of alkyl halides is 3. The Bertz CT molecular complexity index is 793. The quantitative estimate of drug-likeness (QED) is 0.759. The van der Waals surface area contributed by atoms with Gasteiger partial charge in [0.2, 0.25) is 5.91 Å². The average molecular weight is 389 g/mol. The standard InChI is InChI=1S/C18H16F4N2O.ClH/c19-13-3-1-11(2-4-13)15-8-16(15)17(25)24-14-6-10(9-23)5-12(7-14)18(20,21)22;/h1-7,15-16H,8-9,23H2,(H,24,25);1H. The minimum Gasteiger partial charge on any atom is -0.326 e. The Morgan fingerprint density at radius 3 is 2.38 bits per heavy atom. The summed E-state index contributed by atoms with van der Waals surface area (Å²) in [5.74, 6) is -1.08. The van der Waals surface area contributed by atoms with Crippen molar-refractivity contribution in [2.24, 2.45) is 11.7 Å². The van der Waals surface area contributed by atoms with Crippen molar-refractivity contribution in [1.29, 1.82) is 0 Å². The van der Waals surface area contributed by atoms with Crippen LogP contribution in [0.15, 0.2) is 42.5 Å². The molecule has 0 aromatic heterocycles. The van der Waals surface area contributed by atoms with E-state index in [0.29, 0.717) is 6.42 Å². The van der Waals surface area contributed by atoms with E-state index in [2.05, 4.69) is 5.32 Å². The molecule has 26 heavy (non-hydrogen) atoms. The number of benzene rings is 2. The van der Waals surface area contributed by atoms with Crippen molar-refractivity contribution in [1.82, 2.24) is 0 Å². The number of hydrogen-bond donors (Lipinski definition) is 2. The molecule has 0 saturated heterocycles. The third-order valence-electron chi connectivity index (χ3n) is 4.25. The predicted octanol–water partition coefficient (Wildman–Crippen LogP) is 4.47. The van der Waals surface area contributed by atoms with Gasteiger partial charge in [0.15, 0.2) is 0 Å². The molecule has 3 N–H and O–H groups in total. The number of anilines is 1. The Labute approximate surface area is 154 Å². The summed E-state index contributed by atoms with van der Waals surface area (Å²) in [7, 11) is 0. The average Bonchev–Trinajstić information content (AvgIpc) is 3.35. The van der Waals surface area contributed by atoms with E-state index in [-0.39, 0.29) is 53.8 Å². The van der Waals surface area contributed by atoms with E-state index in [1.54, 1.807) is 12.1 Å². The summed E-state index contributed by atoms with van der Waals surface area (Å²) in [6.07, 6.45) is -3.93. The summed E-state index contributed by atoms with van der Waals surface area (Å²) >= 11 is 0. The monoisotopic (exact) mass is 388 g/mol. The van der Waals surface area contributed by atoms with E-state index in [1.807, 2.05) is 0 Å². The summed E-state index contributed by atoms with van der Waals surface area (Å²) in [6, 6.07) is 9.17. The second-order valence-corrected chi connectivity index (χ2v) is 6.11. The largest absolute Gasteiger partial charge is 0.416 e. The van der Waals surface area contributed by atoms with Crippen LogP contribution in [-0.2, 0) is 17.5 Å². The zero-order chi connectivity index (χ0) is 18.2. The molecule has 8 heteroatoms. The molecule has 2 aromatic rings. The molecule has 0 radical (unpaired) electrons.